The summed E-state index contributed by atoms with van der Waals surface area (Å²) in [4.78, 5) is 26.4. The molecule has 0 spiro atoms. The monoisotopic (exact) mass is 357 g/mol. The van der Waals surface area contributed by atoms with Crippen LogP contribution >= 0.6 is 0 Å². The minimum Gasteiger partial charge on any atom is -0.484 e. The number of nitrogens with one attached hydrogen (secondary N) is 2. The Hall–Kier alpha value is -2.34. The van der Waals surface area contributed by atoms with Gasteiger partial charge in [-0.2, -0.15) is 0 Å². The lowest BCUT2D eigenvalue weighted by molar-refractivity contribution is -0.137. The van der Waals surface area contributed by atoms with Crippen LogP contribution in [-0.2, 0) is 9.59 Å². The molecule has 0 aliphatic carbocycles. The Labute approximate surface area is 154 Å². The highest BCUT2D eigenvalue weighted by atomic mass is 16.5. The third-order valence-corrected chi connectivity index (χ3v) is 4.97. The van der Waals surface area contributed by atoms with Gasteiger partial charge in [0.15, 0.2) is 6.61 Å². The summed E-state index contributed by atoms with van der Waals surface area (Å²) in [6, 6.07) is 9.34. The van der Waals surface area contributed by atoms with E-state index >= 15 is 0 Å². The SMILES string of the molecule is O=C(NCC1=CCNCC1)C1CCN(C(=O)COc2ccccc2)CC1. The van der Waals surface area contributed by atoms with E-state index in [9.17, 15) is 9.59 Å². The third kappa shape index (κ3) is 5.33. The molecule has 2 N–H and O–H groups in total. The largest absolute Gasteiger partial charge is 0.484 e. The molecule has 0 atom stereocenters. The minimum absolute atomic E-state index is 0.00333. The predicted octanol–water partition coefficient (Wildman–Crippen LogP) is 1.34. The summed E-state index contributed by atoms with van der Waals surface area (Å²) in [5.74, 6) is 0.781. The van der Waals surface area contributed by atoms with Crippen LogP contribution < -0.4 is 15.4 Å². The number of hydrogen-bond acceptors (Lipinski definition) is 4. The van der Waals surface area contributed by atoms with Crippen LogP contribution in [0, 0.1) is 5.92 Å². The van der Waals surface area contributed by atoms with Crippen LogP contribution in [0.4, 0.5) is 0 Å². The van der Waals surface area contributed by atoms with Crippen molar-refractivity contribution in [3.8, 4) is 5.75 Å². The van der Waals surface area contributed by atoms with Gasteiger partial charge in [0, 0.05) is 32.1 Å². The molecule has 0 aromatic heterocycles. The van der Waals surface area contributed by atoms with Crippen LogP contribution in [0.15, 0.2) is 42.0 Å². The second-order valence-electron chi connectivity index (χ2n) is 6.79. The highest BCUT2D eigenvalue weighted by molar-refractivity contribution is 5.80. The van der Waals surface area contributed by atoms with Gasteiger partial charge in [-0.15, -0.1) is 0 Å². The number of hydrogen-bond donors (Lipinski definition) is 2. The zero-order valence-corrected chi connectivity index (χ0v) is 15.1. The first-order valence-electron chi connectivity index (χ1n) is 9.34. The summed E-state index contributed by atoms with van der Waals surface area (Å²) < 4.78 is 5.52. The van der Waals surface area contributed by atoms with Gasteiger partial charge < -0.3 is 20.3 Å². The molecule has 0 bridgehead atoms. The molecule has 0 saturated carbocycles. The van der Waals surface area contributed by atoms with Crippen molar-refractivity contribution in [2.24, 2.45) is 5.92 Å². The Morgan fingerprint density at radius 2 is 1.96 bits per heavy atom. The molecule has 2 heterocycles. The van der Waals surface area contributed by atoms with Crippen molar-refractivity contribution in [3.63, 3.8) is 0 Å². The summed E-state index contributed by atoms with van der Waals surface area (Å²) in [7, 11) is 0. The van der Waals surface area contributed by atoms with Crippen LogP contribution in [0.2, 0.25) is 0 Å². The van der Waals surface area contributed by atoms with Crippen molar-refractivity contribution in [1.29, 1.82) is 0 Å². The van der Waals surface area contributed by atoms with Gasteiger partial charge in [0.2, 0.25) is 5.91 Å². The Bertz CT molecular complexity index is 637. The Kier molecular flexibility index (Phi) is 6.66. The number of nitrogens with zero attached hydrogens (tertiary/aromatic N) is 1. The number of benzene rings is 1. The molecule has 1 aromatic carbocycles. The van der Waals surface area contributed by atoms with E-state index in [0.29, 0.717) is 38.2 Å². The van der Waals surface area contributed by atoms with E-state index in [4.69, 9.17) is 4.74 Å². The summed E-state index contributed by atoms with van der Waals surface area (Å²) >= 11 is 0. The fraction of sp³-hybridized carbons (Fsp3) is 0.500. The van der Waals surface area contributed by atoms with Gasteiger partial charge in [0.05, 0.1) is 0 Å². The van der Waals surface area contributed by atoms with E-state index in [-0.39, 0.29) is 24.3 Å². The number of carbonyl (C=O) groups is 2. The first-order chi connectivity index (χ1) is 12.7. The van der Waals surface area contributed by atoms with E-state index in [2.05, 4.69) is 16.7 Å². The molecule has 1 saturated heterocycles. The minimum atomic E-state index is -0.0208. The van der Waals surface area contributed by atoms with E-state index in [1.54, 1.807) is 4.90 Å². The maximum atomic E-state index is 12.3. The van der Waals surface area contributed by atoms with Crippen molar-refractivity contribution >= 4 is 11.8 Å². The summed E-state index contributed by atoms with van der Waals surface area (Å²) in [5.41, 5.74) is 1.29. The number of likely N-dealkylation sites (tertiary alicyclic amines) is 1. The third-order valence-electron chi connectivity index (χ3n) is 4.97. The van der Waals surface area contributed by atoms with Crippen molar-refractivity contribution in [2.75, 3.05) is 39.3 Å². The maximum absolute atomic E-state index is 12.3. The number of carbonyl (C=O) groups excluding carboxylic acids is 2. The summed E-state index contributed by atoms with van der Waals surface area (Å²) in [6.45, 7) is 3.78. The van der Waals surface area contributed by atoms with Crippen LogP contribution in [-0.4, -0.2) is 56.0 Å². The van der Waals surface area contributed by atoms with Gasteiger partial charge in [-0.3, -0.25) is 9.59 Å². The van der Waals surface area contributed by atoms with Gasteiger partial charge in [-0.25, -0.2) is 0 Å². The van der Waals surface area contributed by atoms with Crippen LogP contribution in [0.1, 0.15) is 19.3 Å². The molecule has 1 aromatic rings. The molecule has 3 rings (SSSR count). The zero-order valence-electron chi connectivity index (χ0n) is 15.1. The molecular formula is C20H27N3O3. The van der Waals surface area contributed by atoms with Gasteiger partial charge in [-0.05, 0) is 37.9 Å². The normalized spacial score (nSPS) is 18.2. The predicted molar refractivity (Wildman–Crippen MR) is 99.8 cm³/mol. The topological polar surface area (TPSA) is 70.7 Å². The second kappa shape index (κ2) is 9.38. The lowest BCUT2D eigenvalue weighted by Gasteiger charge is -2.31. The van der Waals surface area contributed by atoms with Crippen LogP contribution in [0.3, 0.4) is 0 Å². The number of rotatable bonds is 6. The highest BCUT2D eigenvalue weighted by Gasteiger charge is 2.27. The van der Waals surface area contributed by atoms with Gasteiger partial charge in [0.1, 0.15) is 5.75 Å². The maximum Gasteiger partial charge on any atom is 0.260 e. The summed E-state index contributed by atoms with van der Waals surface area (Å²) in [5, 5.41) is 6.31. The van der Waals surface area contributed by atoms with E-state index in [1.807, 2.05) is 30.3 Å². The van der Waals surface area contributed by atoms with Crippen molar-refractivity contribution in [2.45, 2.75) is 19.3 Å². The molecule has 2 aliphatic heterocycles. The summed E-state index contributed by atoms with van der Waals surface area (Å²) in [6.07, 6.45) is 4.57. The molecule has 0 radical (unpaired) electrons. The highest BCUT2D eigenvalue weighted by Crippen LogP contribution is 2.18. The van der Waals surface area contributed by atoms with Gasteiger partial charge in [0.25, 0.3) is 5.91 Å². The fourth-order valence-electron chi connectivity index (χ4n) is 3.32. The molecule has 140 valence electrons. The molecule has 2 amide bonds. The van der Waals surface area contributed by atoms with E-state index in [1.165, 1.54) is 5.57 Å². The zero-order chi connectivity index (χ0) is 18.2. The number of ether oxygens (including phenoxy) is 1. The molecule has 6 nitrogen and oxygen atoms in total. The molecule has 6 heteroatoms. The van der Waals surface area contributed by atoms with Gasteiger partial charge >= 0.3 is 0 Å². The average Bonchev–Trinajstić information content (AvgIpc) is 2.72. The number of para-hydroxylation sites is 1. The second-order valence-corrected chi connectivity index (χ2v) is 6.79. The Morgan fingerprint density at radius 1 is 1.19 bits per heavy atom. The lowest BCUT2D eigenvalue weighted by Crippen LogP contribution is -2.44. The van der Waals surface area contributed by atoms with Crippen molar-refractivity contribution in [1.82, 2.24) is 15.5 Å². The van der Waals surface area contributed by atoms with Gasteiger partial charge in [-0.1, -0.05) is 29.8 Å². The number of piperidine rings is 1. The Morgan fingerprint density at radius 3 is 2.65 bits per heavy atom. The first-order valence-corrected chi connectivity index (χ1v) is 9.34. The van der Waals surface area contributed by atoms with E-state index < -0.39 is 0 Å². The van der Waals surface area contributed by atoms with Crippen LogP contribution in [0.25, 0.3) is 0 Å². The number of amides is 2. The van der Waals surface area contributed by atoms with E-state index in [0.717, 1.165) is 19.5 Å². The molecule has 2 aliphatic rings. The van der Waals surface area contributed by atoms with Crippen molar-refractivity contribution in [3.05, 3.63) is 42.0 Å². The smallest absolute Gasteiger partial charge is 0.260 e. The standard InChI is InChI=1S/C20H27N3O3/c24-19(15-26-18-4-2-1-3-5-18)23-12-8-17(9-13-23)20(25)22-14-16-6-10-21-11-7-16/h1-6,17,21H,7-15H2,(H,22,25). The molecule has 1 fully saturated rings. The molecule has 0 unspecified atom stereocenters. The molecule has 26 heavy (non-hydrogen) atoms. The molecular weight excluding hydrogens is 330 g/mol. The fourth-order valence-corrected chi connectivity index (χ4v) is 3.32. The first kappa shape index (κ1) is 18.5. The quantitative estimate of drug-likeness (QED) is 0.754. The Balaban J connectivity index is 1.37. The van der Waals surface area contributed by atoms with Crippen molar-refractivity contribution < 1.29 is 14.3 Å². The lowest BCUT2D eigenvalue weighted by atomic mass is 9.95. The van der Waals surface area contributed by atoms with Crippen LogP contribution in [0.5, 0.6) is 5.75 Å². The average molecular weight is 357 g/mol.